The largest absolute Gasteiger partial charge is 0.398 e. The normalized spacial score (nSPS) is 21.5. The smallest absolute Gasteiger partial charge is 0.245 e. The highest BCUT2D eigenvalue weighted by Crippen LogP contribution is 2.29. The molecule has 1 aliphatic rings. The Morgan fingerprint density at radius 1 is 1.37 bits per heavy atom. The highest BCUT2D eigenvalue weighted by Gasteiger charge is 2.32. The predicted octanol–water partition coefficient (Wildman–Crippen LogP) is 1.30. The third kappa shape index (κ3) is 2.61. The lowest BCUT2D eigenvalue weighted by molar-refractivity contribution is 0.0102. The third-order valence-electron chi connectivity index (χ3n) is 3.51. The minimum absolute atomic E-state index is 0.0881. The molecule has 1 aromatic carbocycles. The van der Waals surface area contributed by atoms with Crippen molar-refractivity contribution < 1.29 is 13.2 Å². The number of nitrogens with zero attached hydrogens (tertiary/aromatic N) is 1. The molecule has 0 spiro atoms. The van der Waals surface area contributed by atoms with Gasteiger partial charge < -0.3 is 10.5 Å². The molecule has 19 heavy (non-hydrogen) atoms. The highest BCUT2D eigenvalue weighted by molar-refractivity contribution is 7.89. The lowest BCUT2D eigenvalue weighted by Crippen LogP contribution is -2.44. The molecule has 2 rings (SSSR count). The van der Waals surface area contributed by atoms with E-state index in [4.69, 9.17) is 10.5 Å². The molecule has 106 valence electrons. The molecule has 2 N–H and O–H groups in total. The molecule has 1 saturated heterocycles. The predicted molar refractivity (Wildman–Crippen MR) is 74.5 cm³/mol. The summed E-state index contributed by atoms with van der Waals surface area (Å²) < 4.78 is 32.3. The number of aryl methyl sites for hydroxylation is 1. The Morgan fingerprint density at radius 2 is 2.05 bits per heavy atom. The number of nitrogen functional groups attached to an aromatic ring is 1. The van der Waals surface area contributed by atoms with E-state index in [0.717, 1.165) is 11.1 Å². The van der Waals surface area contributed by atoms with E-state index in [-0.39, 0.29) is 11.0 Å². The van der Waals surface area contributed by atoms with Crippen LogP contribution in [0.5, 0.6) is 0 Å². The van der Waals surface area contributed by atoms with Gasteiger partial charge in [-0.25, -0.2) is 8.42 Å². The van der Waals surface area contributed by atoms with Crippen molar-refractivity contribution in [2.75, 3.05) is 25.4 Å². The van der Waals surface area contributed by atoms with E-state index in [0.29, 0.717) is 25.4 Å². The number of nitrogens with two attached hydrogens (primary N) is 1. The molecular weight excluding hydrogens is 264 g/mol. The molecule has 1 fully saturated rings. The van der Waals surface area contributed by atoms with E-state index in [1.54, 1.807) is 13.0 Å². The van der Waals surface area contributed by atoms with Gasteiger partial charge in [0.2, 0.25) is 10.0 Å². The monoisotopic (exact) mass is 284 g/mol. The maximum absolute atomic E-state index is 12.7. The van der Waals surface area contributed by atoms with Gasteiger partial charge >= 0.3 is 0 Å². The van der Waals surface area contributed by atoms with Crippen molar-refractivity contribution in [3.63, 3.8) is 0 Å². The molecular formula is C13H20N2O3S. The summed E-state index contributed by atoms with van der Waals surface area (Å²) in [4.78, 5) is 0.238. The maximum atomic E-state index is 12.7. The number of ether oxygens (including phenoxy) is 1. The molecule has 0 aromatic heterocycles. The van der Waals surface area contributed by atoms with Crippen LogP contribution < -0.4 is 5.73 Å². The lowest BCUT2D eigenvalue weighted by atomic mass is 10.1. The first-order valence-electron chi connectivity index (χ1n) is 6.31. The van der Waals surface area contributed by atoms with E-state index in [2.05, 4.69) is 0 Å². The molecule has 5 nitrogen and oxygen atoms in total. The van der Waals surface area contributed by atoms with Gasteiger partial charge in [0.05, 0.1) is 18.4 Å². The van der Waals surface area contributed by atoms with Crippen LogP contribution in [-0.2, 0) is 14.8 Å². The van der Waals surface area contributed by atoms with Gasteiger partial charge in [-0.1, -0.05) is 6.07 Å². The quantitative estimate of drug-likeness (QED) is 0.831. The van der Waals surface area contributed by atoms with Crippen LogP contribution in [0.2, 0.25) is 0 Å². The number of morpholine rings is 1. The fourth-order valence-electron chi connectivity index (χ4n) is 2.29. The SMILES string of the molecule is Cc1ccc(N)c(S(=O)(=O)N2CCOC(C)C2)c1C. The summed E-state index contributed by atoms with van der Waals surface area (Å²) in [6.07, 6.45) is -0.0881. The average molecular weight is 284 g/mol. The molecule has 1 atom stereocenters. The Labute approximate surface area is 114 Å². The zero-order valence-corrected chi connectivity index (χ0v) is 12.3. The summed E-state index contributed by atoms with van der Waals surface area (Å²) in [7, 11) is -3.55. The van der Waals surface area contributed by atoms with Gasteiger partial charge in [-0.15, -0.1) is 0 Å². The van der Waals surface area contributed by atoms with Crippen molar-refractivity contribution >= 4 is 15.7 Å². The molecule has 0 aliphatic carbocycles. The second kappa shape index (κ2) is 5.11. The Balaban J connectivity index is 2.48. The van der Waals surface area contributed by atoms with Crippen molar-refractivity contribution in [2.45, 2.75) is 31.8 Å². The summed E-state index contributed by atoms with van der Waals surface area (Å²) in [6, 6.07) is 3.49. The van der Waals surface area contributed by atoms with Gasteiger partial charge in [-0.3, -0.25) is 0 Å². The zero-order valence-electron chi connectivity index (χ0n) is 11.5. The van der Waals surface area contributed by atoms with Crippen molar-refractivity contribution in [1.82, 2.24) is 4.31 Å². The van der Waals surface area contributed by atoms with Crippen LogP contribution in [-0.4, -0.2) is 38.5 Å². The van der Waals surface area contributed by atoms with Crippen molar-refractivity contribution in [3.8, 4) is 0 Å². The fourth-order valence-corrected chi connectivity index (χ4v) is 4.18. The van der Waals surface area contributed by atoms with Crippen LogP contribution in [0.15, 0.2) is 17.0 Å². The lowest BCUT2D eigenvalue weighted by Gasteiger charge is -2.31. The molecule has 0 amide bonds. The fraction of sp³-hybridized carbons (Fsp3) is 0.538. The van der Waals surface area contributed by atoms with E-state index in [1.807, 2.05) is 19.9 Å². The van der Waals surface area contributed by atoms with Gasteiger partial charge in [-0.2, -0.15) is 4.31 Å². The second-order valence-electron chi connectivity index (χ2n) is 4.97. The second-order valence-corrected chi connectivity index (χ2v) is 6.85. The minimum Gasteiger partial charge on any atom is -0.398 e. The number of hydrogen-bond acceptors (Lipinski definition) is 4. The first-order chi connectivity index (χ1) is 8.84. The van der Waals surface area contributed by atoms with E-state index < -0.39 is 10.0 Å². The first kappa shape index (κ1) is 14.3. The van der Waals surface area contributed by atoms with Crippen LogP contribution in [0.3, 0.4) is 0 Å². The average Bonchev–Trinajstić information content (AvgIpc) is 2.34. The maximum Gasteiger partial charge on any atom is 0.245 e. The van der Waals surface area contributed by atoms with Crippen LogP contribution in [0, 0.1) is 13.8 Å². The molecule has 1 heterocycles. The number of hydrogen-bond donors (Lipinski definition) is 1. The summed E-state index contributed by atoms with van der Waals surface area (Å²) >= 11 is 0. The minimum atomic E-state index is -3.55. The molecule has 0 saturated carbocycles. The topological polar surface area (TPSA) is 72.6 Å². The van der Waals surface area contributed by atoms with Gasteiger partial charge in [0.1, 0.15) is 4.90 Å². The van der Waals surface area contributed by atoms with Crippen LogP contribution in [0.1, 0.15) is 18.1 Å². The van der Waals surface area contributed by atoms with Crippen LogP contribution in [0.4, 0.5) is 5.69 Å². The Bertz CT molecular complexity index is 584. The standard InChI is InChI=1S/C13H20N2O3S/c1-9-4-5-12(14)13(11(9)3)19(16,17)15-6-7-18-10(2)8-15/h4-5,10H,6-8,14H2,1-3H3. The molecule has 0 radical (unpaired) electrons. The molecule has 1 aliphatic heterocycles. The number of benzene rings is 1. The molecule has 0 bridgehead atoms. The van der Waals surface area contributed by atoms with Gasteiger partial charge in [0.15, 0.2) is 0 Å². The summed E-state index contributed by atoms with van der Waals surface area (Å²) in [5.41, 5.74) is 7.83. The highest BCUT2D eigenvalue weighted by atomic mass is 32.2. The van der Waals surface area contributed by atoms with Crippen LogP contribution in [0.25, 0.3) is 0 Å². The molecule has 6 heteroatoms. The number of anilines is 1. The number of sulfonamides is 1. The Hall–Kier alpha value is -1.11. The molecule has 1 aromatic rings. The Morgan fingerprint density at radius 3 is 2.68 bits per heavy atom. The number of rotatable bonds is 2. The summed E-state index contributed by atoms with van der Waals surface area (Å²) in [6.45, 7) is 6.71. The molecule has 1 unspecified atom stereocenters. The Kier molecular flexibility index (Phi) is 3.85. The zero-order chi connectivity index (χ0) is 14.2. The first-order valence-corrected chi connectivity index (χ1v) is 7.75. The van der Waals surface area contributed by atoms with E-state index in [1.165, 1.54) is 4.31 Å². The van der Waals surface area contributed by atoms with E-state index >= 15 is 0 Å². The van der Waals surface area contributed by atoms with Crippen LogP contribution >= 0.6 is 0 Å². The third-order valence-corrected chi connectivity index (χ3v) is 5.58. The van der Waals surface area contributed by atoms with E-state index in [9.17, 15) is 8.42 Å². The summed E-state index contributed by atoms with van der Waals surface area (Å²) in [5, 5.41) is 0. The van der Waals surface area contributed by atoms with Crippen molar-refractivity contribution in [3.05, 3.63) is 23.3 Å². The van der Waals surface area contributed by atoms with Gasteiger partial charge in [0, 0.05) is 13.1 Å². The van der Waals surface area contributed by atoms with Gasteiger partial charge in [0.25, 0.3) is 0 Å². The van der Waals surface area contributed by atoms with Gasteiger partial charge in [-0.05, 0) is 38.0 Å². The van der Waals surface area contributed by atoms with Crippen molar-refractivity contribution in [2.24, 2.45) is 0 Å². The van der Waals surface area contributed by atoms with Crippen molar-refractivity contribution in [1.29, 1.82) is 0 Å². The summed E-state index contributed by atoms with van der Waals surface area (Å²) in [5.74, 6) is 0.